The van der Waals surface area contributed by atoms with Crippen LogP contribution in [0.1, 0.15) is 40.7 Å². The maximum absolute atomic E-state index is 13.7. The fraction of sp³-hybridized carbons (Fsp3) is 0.231. The van der Waals surface area contributed by atoms with Gasteiger partial charge in [0.2, 0.25) is 5.95 Å². The molecule has 170 valence electrons. The highest BCUT2D eigenvalue weighted by Crippen LogP contribution is 2.27. The first-order valence-corrected chi connectivity index (χ1v) is 12.1. The Morgan fingerprint density at radius 2 is 1.79 bits per heavy atom. The summed E-state index contributed by atoms with van der Waals surface area (Å²) in [4.78, 5) is 33.7. The fourth-order valence-electron chi connectivity index (χ4n) is 4.28. The minimum atomic E-state index is -0.290. The van der Waals surface area contributed by atoms with Crippen LogP contribution in [0.3, 0.4) is 0 Å². The Bertz CT molecular complexity index is 1450. The molecule has 1 saturated heterocycles. The summed E-state index contributed by atoms with van der Waals surface area (Å²) in [5.74, 6) is 0.263. The molecule has 1 amide bonds. The van der Waals surface area contributed by atoms with Crippen LogP contribution in [0.2, 0.25) is 0 Å². The van der Waals surface area contributed by atoms with Crippen molar-refractivity contribution in [3.63, 3.8) is 0 Å². The number of amides is 1. The van der Waals surface area contributed by atoms with Crippen molar-refractivity contribution in [1.29, 1.82) is 5.26 Å². The summed E-state index contributed by atoms with van der Waals surface area (Å²) in [6, 6.07) is 18.7. The quantitative estimate of drug-likeness (QED) is 0.461. The number of rotatable bonds is 5. The molecule has 4 aromatic rings. The van der Waals surface area contributed by atoms with Crippen molar-refractivity contribution in [2.45, 2.75) is 25.8 Å². The molecule has 8 heteroatoms. The molecule has 0 spiro atoms. The zero-order valence-electron chi connectivity index (χ0n) is 18.5. The number of carbonyl (C=O) groups is 1. The molecule has 0 saturated carbocycles. The number of piperidine rings is 1. The molecule has 34 heavy (non-hydrogen) atoms. The van der Waals surface area contributed by atoms with Gasteiger partial charge in [-0.2, -0.15) is 5.26 Å². The Balaban J connectivity index is 1.62. The molecule has 1 fully saturated rings. The number of anilines is 2. The molecule has 0 atom stereocenters. The van der Waals surface area contributed by atoms with Crippen LogP contribution >= 0.6 is 11.3 Å². The molecule has 5 rings (SSSR count). The van der Waals surface area contributed by atoms with Gasteiger partial charge in [-0.1, -0.05) is 36.4 Å². The van der Waals surface area contributed by atoms with Gasteiger partial charge in [0.15, 0.2) is 0 Å². The maximum Gasteiger partial charge on any atom is 0.273 e. The molecule has 0 radical (unpaired) electrons. The largest absolute Gasteiger partial charge is 0.342 e. The third-order valence-corrected chi connectivity index (χ3v) is 7.00. The summed E-state index contributed by atoms with van der Waals surface area (Å²) in [6.45, 7) is 1.85. The number of hydrogen-bond donors (Lipinski definition) is 1. The predicted molar refractivity (Wildman–Crippen MR) is 135 cm³/mol. The molecule has 1 aliphatic rings. The van der Waals surface area contributed by atoms with E-state index >= 15 is 0 Å². The van der Waals surface area contributed by atoms with Gasteiger partial charge in [-0.15, -0.1) is 11.3 Å². The van der Waals surface area contributed by atoms with E-state index in [0.29, 0.717) is 33.0 Å². The van der Waals surface area contributed by atoms with Crippen molar-refractivity contribution < 1.29 is 4.79 Å². The van der Waals surface area contributed by atoms with E-state index in [1.807, 2.05) is 48.5 Å². The molecule has 1 aliphatic heterocycles. The van der Waals surface area contributed by atoms with Crippen LogP contribution in [0.4, 0.5) is 11.6 Å². The van der Waals surface area contributed by atoms with Gasteiger partial charge >= 0.3 is 0 Å². The van der Waals surface area contributed by atoms with Gasteiger partial charge in [0.25, 0.3) is 11.5 Å². The second-order valence-electron chi connectivity index (χ2n) is 8.27. The number of fused-ring (bicyclic) bond motifs is 1. The van der Waals surface area contributed by atoms with Gasteiger partial charge in [0, 0.05) is 24.2 Å². The number of para-hydroxylation sites is 1. The second-order valence-corrected chi connectivity index (χ2v) is 9.15. The summed E-state index contributed by atoms with van der Waals surface area (Å²) in [5, 5.41) is 14.1. The number of carbonyl (C=O) groups excluding carboxylic acids is 1. The molecule has 1 N–H and O–H groups in total. The van der Waals surface area contributed by atoms with E-state index in [0.717, 1.165) is 37.9 Å². The Morgan fingerprint density at radius 1 is 1.06 bits per heavy atom. The normalized spacial score (nSPS) is 13.6. The zero-order chi connectivity index (χ0) is 23.5. The van der Waals surface area contributed by atoms with Gasteiger partial charge < -0.3 is 10.2 Å². The Morgan fingerprint density at radius 3 is 2.56 bits per heavy atom. The Kier molecular flexibility index (Phi) is 6.11. The zero-order valence-corrected chi connectivity index (χ0v) is 19.3. The van der Waals surface area contributed by atoms with Crippen molar-refractivity contribution >= 4 is 39.1 Å². The Labute approximate surface area is 200 Å². The number of benzene rings is 2. The van der Waals surface area contributed by atoms with Crippen molar-refractivity contribution in [3.8, 4) is 6.07 Å². The third kappa shape index (κ3) is 4.18. The van der Waals surface area contributed by atoms with Gasteiger partial charge in [-0.3, -0.25) is 14.2 Å². The molecule has 0 unspecified atom stereocenters. The average Bonchev–Trinajstić information content (AvgIpc) is 3.31. The van der Waals surface area contributed by atoms with Crippen molar-refractivity contribution in [2.24, 2.45) is 0 Å². The highest BCUT2D eigenvalue weighted by Gasteiger charge is 2.24. The lowest BCUT2D eigenvalue weighted by Crippen LogP contribution is -2.36. The topological polar surface area (TPSA) is 91.0 Å². The van der Waals surface area contributed by atoms with E-state index in [9.17, 15) is 14.9 Å². The van der Waals surface area contributed by atoms with E-state index in [2.05, 4.69) is 16.3 Å². The van der Waals surface area contributed by atoms with Crippen LogP contribution in [-0.2, 0) is 6.54 Å². The molecule has 7 nitrogen and oxygen atoms in total. The number of thiophene rings is 1. The molecule has 0 aliphatic carbocycles. The van der Waals surface area contributed by atoms with E-state index in [1.54, 1.807) is 16.0 Å². The van der Waals surface area contributed by atoms with Gasteiger partial charge in [0.05, 0.1) is 23.7 Å². The van der Waals surface area contributed by atoms with Crippen LogP contribution in [0.5, 0.6) is 0 Å². The lowest BCUT2D eigenvalue weighted by molar-refractivity contribution is 0.102. The molecule has 3 heterocycles. The van der Waals surface area contributed by atoms with Crippen LogP contribution in [0.15, 0.2) is 64.8 Å². The third-order valence-electron chi connectivity index (χ3n) is 6.04. The average molecular weight is 470 g/mol. The minimum Gasteiger partial charge on any atom is -0.342 e. The molecule has 0 bridgehead atoms. The van der Waals surface area contributed by atoms with E-state index in [1.165, 1.54) is 11.3 Å². The SMILES string of the molecule is N#Cc1ccccc1Cn1c(N2CCCCC2)nc2c(C(=O)Nc3ccccc3)csc2c1=O. The monoisotopic (exact) mass is 469 g/mol. The summed E-state index contributed by atoms with van der Waals surface area (Å²) in [6.07, 6.45) is 3.19. The van der Waals surface area contributed by atoms with Crippen LogP contribution in [-0.4, -0.2) is 28.5 Å². The van der Waals surface area contributed by atoms with Crippen LogP contribution < -0.4 is 15.8 Å². The van der Waals surface area contributed by atoms with Crippen molar-refractivity contribution in [1.82, 2.24) is 9.55 Å². The first kappa shape index (κ1) is 21.9. The standard InChI is InChI=1S/C26H23N5O2S/c27-15-18-9-5-6-10-19(18)16-31-25(33)23-22(29-26(31)30-13-7-2-8-14-30)21(17-34-23)24(32)28-20-11-3-1-4-12-20/h1,3-6,9-12,17H,2,7-8,13-14,16H2,(H,28,32). The highest BCUT2D eigenvalue weighted by molar-refractivity contribution is 7.17. The van der Waals surface area contributed by atoms with Crippen LogP contribution in [0.25, 0.3) is 10.2 Å². The number of aromatic nitrogens is 2. The summed E-state index contributed by atoms with van der Waals surface area (Å²) in [5.41, 5.74) is 2.61. The molecule has 2 aromatic heterocycles. The number of nitrogens with zero attached hydrogens (tertiary/aromatic N) is 4. The van der Waals surface area contributed by atoms with E-state index in [4.69, 9.17) is 4.98 Å². The lowest BCUT2D eigenvalue weighted by atomic mass is 10.1. The smallest absolute Gasteiger partial charge is 0.273 e. The van der Waals surface area contributed by atoms with Gasteiger partial charge in [-0.05, 0) is 43.0 Å². The summed E-state index contributed by atoms with van der Waals surface area (Å²) >= 11 is 1.23. The predicted octanol–water partition coefficient (Wildman–Crippen LogP) is 4.62. The van der Waals surface area contributed by atoms with Gasteiger partial charge in [0.1, 0.15) is 10.2 Å². The lowest BCUT2D eigenvalue weighted by Gasteiger charge is -2.29. The Hall–Kier alpha value is -3.96. The first-order chi connectivity index (χ1) is 16.7. The van der Waals surface area contributed by atoms with Crippen LogP contribution in [0, 0.1) is 11.3 Å². The van der Waals surface area contributed by atoms with Crippen molar-refractivity contribution in [3.05, 3.63) is 87.0 Å². The minimum absolute atomic E-state index is 0.193. The maximum atomic E-state index is 13.7. The molecular formula is C26H23N5O2S. The highest BCUT2D eigenvalue weighted by atomic mass is 32.1. The molecule has 2 aromatic carbocycles. The van der Waals surface area contributed by atoms with Crippen molar-refractivity contribution in [2.75, 3.05) is 23.3 Å². The van der Waals surface area contributed by atoms with E-state index in [-0.39, 0.29) is 18.0 Å². The molecular weight excluding hydrogens is 446 g/mol. The second kappa shape index (κ2) is 9.49. The first-order valence-electron chi connectivity index (χ1n) is 11.3. The fourth-order valence-corrected chi connectivity index (χ4v) is 5.22. The summed E-state index contributed by atoms with van der Waals surface area (Å²) < 4.78 is 2.09. The number of nitrogens with one attached hydrogen (secondary N) is 1. The summed E-state index contributed by atoms with van der Waals surface area (Å²) in [7, 11) is 0. The number of hydrogen-bond acceptors (Lipinski definition) is 6. The number of nitriles is 1. The van der Waals surface area contributed by atoms with Gasteiger partial charge in [-0.25, -0.2) is 4.98 Å². The van der Waals surface area contributed by atoms with E-state index < -0.39 is 0 Å².